The number of hydrogen-bond acceptors (Lipinski definition) is 2. The minimum absolute atomic E-state index is 0.0893. The number of benzene rings is 2. The zero-order chi connectivity index (χ0) is 15.0. The van der Waals surface area contributed by atoms with Gasteiger partial charge in [0.05, 0.1) is 6.54 Å². The Morgan fingerprint density at radius 3 is 2.48 bits per heavy atom. The van der Waals surface area contributed by atoms with Gasteiger partial charge in [-0.25, -0.2) is 0 Å². The molecule has 0 atom stereocenters. The first-order valence-electron chi connectivity index (χ1n) is 7.66. The molecule has 2 heteroatoms. The number of furan rings is 1. The van der Waals surface area contributed by atoms with Gasteiger partial charge in [-0.2, -0.15) is 0 Å². The fourth-order valence-corrected chi connectivity index (χ4v) is 2.80. The Balaban J connectivity index is 2.14. The van der Waals surface area contributed by atoms with Gasteiger partial charge in [0.25, 0.3) is 0 Å². The third kappa shape index (κ3) is 2.68. The summed E-state index contributed by atoms with van der Waals surface area (Å²) in [6, 6.07) is 12.8. The van der Waals surface area contributed by atoms with E-state index in [0.29, 0.717) is 0 Å². The van der Waals surface area contributed by atoms with Crippen LogP contribution in [0.25, 0.3) is 21.7 Å². The van der Waals surface area contributed by atoms with Crippen LogP contribution in [-0.2, 0) is 13.0 Å². The van der Waals surface area contributed by atoms with E-state index in [2.05, 4.69) is 69.4 Å². The van der Waals surface area contributed by atoms with Gasteiger partial charge in [0.1, 0.15) is 11.3 Å². The van der Waals surface area contributed by atoms with Gasteiger partial charge >= 0.3 is 0 Å². The van der Waals surface area contributed by atoms with E-state index in [4.69, 9.17) is 4.42 Å². The Morgan fingerprint density at radius 1 is 1.00 bits per heavy atom. The summed E-state index contributed by atoms with van der Waals surface area (Å²) in [4.78, 5) is 0. The first kappa shape index (κ1) is 14.2. The fourth-order valence-electron chi connectivity index (χ4n) is 2.80. The van der Waals surface area contributed by atoms with Crippen LogP contribution in [0.5, 0.6) is 0 Å². The molecule has 0 fully saturated rings. The van der Waals surface area contributed by atoms with Crippen LogP contribution in [0.1, 0.15) is 39.0 Å². The zero-order valence-corrected chi connectivity index (χ0v) is 13.3. The summed E-state index contributed by atoms with van der Waals surface area (Å²) in [7, 11) is 0. The van der Waals surface area contributed by atoms with Crippen molar-refractivity contribution in [2.75, 3.05) is 0 Å². The lowest BCUT2D eigenvalue weighted by molar-refractivity contribution is 0.393. The Bertz CT molecular complexity index is 777. The van der Waals surface area contributed by atoms with Crippen molar-refractivity contribution in [2.24, 2.45) is 0 Å². The number of hydrogen-bond donors (Lipinski definition) is 1. The van der Waals surface area contributed by atoms with Crippen LogP contribution in [0.2, 0.25) is 0 Å². The molecule has 0 unspecified atom stereocenters. The molecule has 1 aromatic heterocycles. The van der Waals surface area contributed by atoms with Gasteiger partial charge in [-0.15, -0.1) is 0 Å². The van der Waals surface area contributed by atoms with E-state index in [1.54, 1.807) is 0 Å². The molecular formula is C19H23NO. The molecule has 2 nitrogen and oxygen atoms in total. The second-order valence-electron chi connectivity index (χ2n) is 6.62. The minimum Gasteiger partial charge on any atom is -0.459 e. The molecule has 0 aliphatic carbocycles. The van der Waals surface area contributed by atoms with Crippen molar-refractivity contribution in [3.05, 3.63) is 47.7 Å². The average molecular weight is 281 g/mol. The van der Waals surface area contributed by atoms with Crippen LogP contribution < -0.4 is 5.32 Å². The number of rotatable bonds is 3. The zero-order valence-electron chi connectivity index (χ0n) is 13.3. The predicted octanol–water partition coefficient (Wildman–Crippen LogP) is 5.04. The quantitative estimate of drug-likeness (QED) is 0.728. The van der Waals surface area contributed by atoms with E-state index in [9.17, 15) is 0 Å². The number of fused-ring (bicyclic) bond motifs is 3. The van der Waals surface area contributed by atoms with Gasteiger partial charge in [0.2, 0.25) is 0 Å². The van der Waals surface area contributed by atoms with Crippen molar-refractivity contribution in [3.63, 3.8) is 0 Å². The lowest BCUT2D eigenvalue weighted by atomic mass is 10.0. The summed E-state index contributed by atoms with van der Waals surface area (Å²) in [6.07, 6.45) is 0.993. The van der Waals surface area contributed by atoms with Crippen molar-refractivity contribution >= 4 is 21.7 Å². The highest BCUT2D eigenvalue weighted by Gasteiger charge is 2.17. The third-order valence-corrected chi connectivity index (χ3v) is 3.90. The summed E-state index contributed by atoms with van der Waals surface area (Å²) >= 11 is 0. The molecule has 3 rings (SSSR count). The SMILES string of the molecule is CCc1c(CNC(C)(C)C)oc2c1ccc1ccccc12. The molecule has 0 radical (unpaired) electrons. The van der Waals surface area contributed by atoms with Crippen molar-refractivity contribution in [1.29, 1.82) is 0 Å². The van der Waals surface area contributed by atoms with Gasteiger partial charge in [-0.1, -0.05) is 43.3 Å². The largest absolute Gasteiger partial charge is 0.459 e. The van der Waals surface area contributed by atoms with Crippen LogP contribution in [-0.4, -0.2) is 5.54 Å². The van der Waals surface area contributed by atoms with E-state index < -0.39 is 0 Å². The molecule has 0 aliphatic heterocycles. The maximum atomic E-state index is 6.24. The summed E-state index contributed by atoms with van der Waals surface area (Å²) in [5, 5.41) is 7.21. The maximum absolute atomic E-state index is 6.24. The van der Waals surface area contributed by atoms with Gasteiger partial charge in [-0.3, -0.25) is 0 Å². The van der Waals surface area contributed by atoms with Gasteiger partial charge in [0.15, 0.2) is 0 Å². The monoisotopic (exact) mass is 281 g/mol. The van der Waals surface area contributed by atoms with Crippen molar-refractivity contribution < 1.29 is 4.42 Å². The van der Waals surface area contributed by atoms with Gasteiger partial charge in [-0.05, 0) is 32.6 Å². The normalized spacial score (nSPS) is 12.4. The lowest BCUT2D eigenvalue weighted by Crippen LogP contribution is -2.35. The van der Waals surface area contributed by atoms with E-state index in [1.807, 2.05) is 0 Å². The molecular weight excluding hydrogens is 258 g/mol. The van der Waals surface area contributed by atoms with Crippen LogP contribution >= 0.6 is 0 Å². The second-order valence-corrected chi connectivity index (χ2v) is 6.62. The van der Waals surface area contributed by atoms with Crippen molar-refractivity contribution in [2.45, 2.75) is 46.2 Å². The molecule has 3 aromatic rings. The number of nitrogens with one attached hydrogen (secondary N) is 1. The third-order valence-electron chi connectivity index (χ3n) is 3.90. The Kier molecular flexibility index (Phi) is 3.50. The number of aryl methyl sites for hydroxylation is 1. The highest BCUT2D eigenvalue weighted by molar-refractivity contribution is 6.05. The molecule has 0 saturated heterocycles. The van der Waals surface area contributed by atoms with E-state index >= 15 is 0 Å². The first-order valence-corrected chi connectivity index (χ1v) is 7.66. The Morgan fingerprint density at radius 2 is 1.76 bits per heavy atom. The summed E-state index contributed by atoms with van der Waals surface area (Å²) in [5.41, 5.74) is 2.44. The molecule has 21 heavy (non-hydrogen) atoms. The van der Waals surface area contributed by atoms with E-state index in [1.165, 1.54) is 21.7 Å². The second kappa shape index (κ2) is 5.19. The first-order chi connectivity index (χ1) is 9.99. The summed E-state index contributed by atoms with van der Waals surface area (Å²) in [5.74, 6) is 1.07. The van der Waals surface area contributed by atoms with Gasteiger partial charge in [0, 0.05) is 21.9 Å². The van der Waals surface area contributed by atoms with Gasteiger partial charge < -0.3 is 9.73 Å². The topological polar surface area (TPSA) is 25.2 Å². The van der Waals surface area contributed by atoms with Crippen LogP contribution in [0.4, 0.5) is 0 Å². The smallest absolute Gasteiger partial charge is 0.142 e. The molecule has 0 saturated carbocycles. The lowest BCUT2D eigenvalue weighted by Gasteiger charge is -2.19. The highest BCUT2D eigenvalue weighted by atomic mass is 16.3. The Labute approximate surface area is 126 Å². The summed E-state index contributed by atoms with van der Waals surface area (Å²) < 4.78 is 6.24. The van der Waals surface area contributed by atoms with Crippen molar-refractivity contribution in [1.82, 2.24) is 5.32 Å². The van der Waals surface area contributed by atoms with Crippen LogP contribution in [0.3, 0.4) is 0 Å². The minimum atomic E-state index is 0.0893. The molecule has 0 amide bonds. The molecule has 0 aliphatic rings. The molecule has 1 heterocycles. The molecule has 0 bridgehead atoms. The van der Waals surface area contributed by atoms with Crippen molar-refractivity contribution in [3.8, 4) is 0 Å². The van der Waals surface area contributed by atoms with E-state index in [-0.39, 0.29) is 5.54 Å². The maximum Gasteiger partial charge on any atom is 0.142 e. The standard InChI is InChI=1S/C19H23NO/c1-5-14-16-11-10-13-8-6-7-9-15(13)18(16)21-17(14)12-20-19(2,3)4/h6-11,20H,5,12H2,1-4H3. The predicted molar refractivity (Wildman–Crippen MR) is 89.7 cm³/mol. The van der Waals surface area contributed by atoms with Crippen LogP contribution in [0.15, 0.2) is 40.8 Å². The molecule has 0 spiro atoms. The summed E-state index contributed by atoms with van der Waals surface area (Å²) in [6.45, 7) is 9.50. The highest BCUT2D eigenvalue weighted by Crippen LogP contribution is 2.32. The Hall–Kier alpha value is -1.80. The molecule has 1 N–H and O–H groups in total. The molecule has 2 aromatic carbocycles. The molecule has 110 valence electrons. The average Bonchev–Trinajstić information content (AvgIpc) is 2.82. The van der Waals surface area contributed by atoms with Crippen LogP contribution in [0, 0.1) is 0 Å². The fraction of sp³-hybridized carbons (Fsp3) is 0.368. The van der Waals surface area contributed by atoms with E-state index in [0.717, 1.165) is 24.3 Å².